The Bertz CT molecular complexity index is 1940. The van der Waals surface area contributed by atoms with E-state index >= 15 is 4.39 Å². The highest BCUT2D eigenvalue weighted by atomic mass is 35.5. The van der Waals surface area contributed by atoms with E-state index in [2.05, 4.69) is 15.0 Å². The van der Waals surface area contributed by atoms with E-state index in [0.29, 0.717) is 68.2 Å². The minimum absolute atomic E-state index is 0.0483. The van der Waals surface area contributed by atoms with Crippen LogP contribution >= 0.6 is 11.6 Å². The summed E-state index contributed by atoms with van der Waals surface area (Å²) in [5, 5.41) is 15.2. The van der Waals surface area contributed by atoms with Crippen molar-refractivity contribution in [1.29, 1.82) is 0 Å². The van der Waals surface area contributed by atoms with E-state index in [1.54, 1.807) is 11.6 Å². The third-order valence-corrected chi connectivity index (χ3v) is 11.7. The second-order valence-electron chi connectivity index (χ2n) is 15.1. The average molecular weight is 767 g/mol. The summed E-state index contributed by atoms with van der Waals surface area (Å²) >= 11 is 6.86. The van der Waals surface area contributed by atoms with Gasteiger partial charge in [-0.3, -0.25) is 14.4 Å². The summed E-state index contributed by atoms with van der Waals surface area (Å²) in [6, 6.07) is 1.58. The van der Waals surface area contributed by atoms with Crippen LogP contribution in [0.5, 0.6) is 6.01 Å². The maximum Gasteiger partial charge on any atom is 0.416 e. The van der Waals surface area contributed by atoms with Crippen LogP contribution in [0.4, 0.5) is 33.5 Å². The number of nitrogens with zero attached hydrogens (tertiary/aromatic N) is 7. The van der Waals surface area contributed by atoms with Crippen molar-refractivity contribution in [2.45, 2.75) is 94.7 Å². The maximum atomic E-state index is 15.4. The average Bonchev–Trinajstić information content (AvgIpc) is 3.79. The van der Waals surface area contributed by atoms with Gasteiger partial charge in [0.05, 0.1) is 58.1 Å². The second kappa shape index (κ2) is 13.2. The van der Waals surface area contributed by atoms with Crippen molar-refractivity contribution in [3.05, 3.63) is 56.7 Å². The van der Waals surface area contributed by atoms with Crippen LogP contribution in [0.15, 0.2) is 12.1 Å². The van der Waals surface area contributed by atoms with Crippen molar-refractivity contribution >= 4 is 29.0 Å². The van der Waals surface area contributed by atoms with Gasteiger partial charge in [-0.15, -0.1) is 0 Å². The predicted octanol–water partition coefficient (Wildman–Crippen LogP) is 4.84. The number of nitrogens with two attached hydrogens (primary N) is 1. The van der Waals surface area contributed by atoms with E-state index in [1.165, 1.54) is 4.90 Å². The number of hydrogen-bond donors (Lipinski definition) is 2. The van der Waals surface area contributed by atoms with Crippen molar-refractivity contribution in [1.82, 2.24) is 29.5 Å². The summed E-state index contributed by atoms with van der Waals surface area (Å²) in [4.78, 5) is 28.4. The lowest BCUT2D eigenvalue weighted by Crippen LogP contribution is -2.43. The van der Waals surface area contributed by atoms with Gasteiger partial charge in [0.2, 0.25) is 0 Å². The molecule has 18 heteroatoms. The number of anilines is 2. The molecule has 0 aliphatic carbocycles. The number of likely N-dealkylation sites (tertiary alicyclic amines) is 1. The predicted molar refractivity (Wildman–Crippen MR) is 182 cm³/mol. The van der Waals surface area contributed by atoms with E-state index in [-0.39, 0.29) is 55.4 Å². The van der Waals surface area contributed by atoms with E-state index in [9.17, 15) is 27.5 Å². The molecule has 12 nitrogen and oxygen atoms in total. The third-order valence-electron chi connectivity index (χ3n) is 11.3. The Kier molecular flexibility index (Phi) is 9.01. The van der Waals surface area contributed by atoms with E-state index in [0.717, 1.165) is 31.5 Å². The van der Waals surface area contributed by atoms with E-state index in [1.807, 2.05) is 4.90 Å². The van der Waals surface area contributed by atoms with Gasteiger partial charge >= 0.3 is 12.2 Å². The molecule has 0 radical (unpaired) electrons. The van der Waals surface area contributed by atoms with Gasteiger partial charge in [0.1, 0.15) is 18.6 Å². The Morgan fingerprint density at radius 2 is 1.98 bits per heavy atom. The number of alkyl halides is 4. The summed E-state index contributed by atoms with van der Waals surface area (Å²) in [6.07, 6.45) is -4.54. The molecule has 3 fully saturated rings. The first-order valence-electron chi connectivity index (χ1n) is 17.8. The van der Waals surface area contributed by atoms with Gasteiger partial charge < -0.3 is 30.1 Å². The van der Waals surface area contributed by atoms with Crippen LogP contribution in [0.2, 0.25) is 5.02 Å². The summed E-state index contributed by atoms with van der Waals surface area (Å²) < 4.78 is 86.3. The lowest BCUT2D eigenvalue weighted by molar-refractivity contribution is -0.140. The molecule has 3 saturated heterocycles. The van der Waals surface area contributed by atoms with Gasteiger partial charge in [0.15, 0.2) is 11.5 Å². The fourth-order valence-electron chi connectivity index (χ4n) is 8.63. The molecule has 1 aromatic carbocycles. The molecule has 8 rings (SSSR count). The SMILES string of the molecule is CC1(O)CCN(C(=O)c2nn3c(c2Cl)CN(c2nc(OC[C@@]45CCCN4C[C@H](F)C5)nc4c2CO[C@H](c2c(C(F)(F)F)ccc(N)c2F)C4)CCC3)C1. The minimum Gasteiger partial charge on any atom is -0.461 e. The molecule has 1 amide bonds. The number of aliphatic hydroxyl groups is 1. The highest BCUT2D eigenvalue weighted by Gasteiger charge is 2.50. The number of ether oxygens (including phenoxy) is 2. The Morgan fingerprint density at radius 1 is 1.17 bits per heavy atom. The number of nitrogen functional groups attached to an aromatic ring is 1. The summed E-state index contributed by atoms with van der Waals surface area (Å²) in [7, 11) is 0. The summed E-state index contributed by atoms with van der Waals surface area (Å²) in [5.74, 6) is -1.21. The van der Waals surface area contributed by atoms with Crippen LogP contribution in [-0.4, -0.2) is 97.2 Å². The molecule has 1 unspecified atom stereocenters. The maximum absolute atomic E-state index is 15.4. The van der Waals surface area contributed by atoms with Crippen molar-refractivity contribution in [3.8, 4) is 6.01 Å². The quantitative estimate of drug-likeness (QED) is 0.265. The van der Waals surface area contributed by atoms with Crippen molar-refractivity contribution < 1.29 is 41.3 Å². The fourth-order valence-corrected chi connectivity index (χ4v) is 8.90. The van der Waals surface area contributed by atoms with Gasteiger partial charge in [-0.05, 0) is 51.3 Å². The molecule has 5 aliphatic heterocycles. The van der Waals surface area contributed by atoms with Crippen molar-refractivity contribution in [2.75, 3.05) is 50.0 Å². The van der Waals surface area contributed by atoms with E-state index < -0.39 is 52.2 Å². The number of benzene rings is 1. The molecule has 3 N–H and O–H groups in total. The lowest BCUT2D eigenvalue weighted by atomic mass is 9.94. The molecule has 0 bridgehead atoms. The summed E-state index contributed by atoms with van der Waals surface area (Å²) in [5.41, 5.74) is 3.30. The first-order valence-corrected chi connectivity index (χ1v) is 18.2. The number of fused-ring (bicyclic) bond motifs is 3. The van der Waals surface area contributed by atoms with Gasteiger partial charge in [-0.1, -0.05) is 11.6 Å². The third kappa shape index (κ3) is 6.56. The molecule has 53 heavy (non-hydrogen) atoms. The number of carbonyl (C=O) groups is 1. The van der Waals surface area contributed by atoms with E-state index in [4.69, 9.17) is 31.8 Å². The van der Waals surface area contributed by atoms with Crippen LogP contribution in [0.3, 0.4) is 0 Å². The first kappa shape index (κ1) is 36.2. The highest BCUT2D eigenvalue weighted by molar-refractivity contribution is 6.34. The molecule has 4 atom stereocenters. The Hall–Kier alpha value is -3.80. The topological polar surface area (TPSA) is 135 Å². The largest absolute Gasteiger partial charge is 0.461 e. The van der Waals surface area contributed by atoms with Crippen LogP contribution in [0, 0.1) is 5.82 Å². The Morgan fingerprint density at radius 3 is 2.74 bits per heavy atom. The summed E-state index contributed by atoms with van der Waals surface area (Å²) in [6.45, 7) is 4.16. The molecular weight excluding hydrogens is 727 g/mol. The van der Waals surface area contributed by atoms with Crippen LogP contribution in [0.1, 0.15) is 83.7 Å². The first-order chi connectivity index (χ1) is 25.1. The number of rotatable bonds is 6. The number of halogens is 6. The zero-order chi connectivity index (χ0) is 37.4. The smallest absolute Gasteiger partial charge is 0.416 e. The normalized spacial score (nSPS) is 27.5. The van der Waals surface area contributed by atoms with Crippen molar-refractivity contribution in [3.63, 3.8) is 0 Å². The fraction of sp³-hybridized carbons (Fsp3) is 0.600. The van der Waals surface area contributed by atoms with Crippen LogP contribution in [0.25, 0.3) is 0 Å². The van der Waals surface area contributed by atoms with Gasteiger partial charge in [-0.25, -0.2) is 8.78 Å². The monoisotopic (exact) mass is 766 g/mol. The second-order valence-corrected chi connectivity index (χ2v) is 15.5. The Balaban J connectivity index is 1.14. The lowest BCUT2D eigenvalue weighted by Gasteiger charge is -2.33. The molecular formula is C35H40ClF5N8O4. The molecule has 5 aliphatic rings. The van der Waals surface area contributed by atoms with Gasteiger partial charge in [-0.2, -0.15) is 28.2 Å². The Labute approximate surface area is 307 Å². The zero-order valence-corrected chi connectivity index (χ0v) is 29.8. The number of aromatic nitrogens is 4. The van der Waals surface area contributed by atoms with Gasteiger partial charge in [0.25, 0.3) is 5.91 Å². The molecule has 0 saturated carbocycles. The number of carbonyl (C=O) groups excluding carboxylic acids is 1. The highest BCUT2D eigenvalue weighted by Crippen LogP contribution is 2.44. The number of hydrogen-bond acceptors (Lipinski definition) is 10. The standard InChI is InChI=1S/C35H40ClF5N8O4/c1-33(51)7-11-47(17-33)31(50)29-27(36)24-15-46(8-3-10-49(24)45-29)30-20-16-52-25(26-21(35(39,40)41)4-5-22(42)28(26)38)12-23(20)43-32(44-30)53-18-34-6-2-9-48(34)14-19(37)13-34/h4-5,19,25,51H,2-3,6-18,42H2,1H3/t19-,25+,33?,34+/m1/s1. The van der Waals surface area contributed by atoms with Gasteiger partial charge in [0, 0.05) is 56.7 Å². The molecule has 286 valence electrons. The minimum atomic E-state index is -4.87. The number of β-amino-alcohol motifs (C(OH)–C–C–N with tert-alkyl or cyclic N) is 1. The molecule has 0 spiro atoms. The zero-order valence-electron chi connectivity index (χ0n) is 29.1. The number of aryl methyl sites for hydroxylation is 1. The molecule has 7 heterocycles. The van der Waals surface area contributed by atoms with Crippen LogP contribution in [-0.2, 0) is 37.0 Å². The molecule has 3 aromatic rings. The van der Waals surface area contributed by atoms with Crippen LogP contribution < -0.4 is 15.4 Å². The molecule has 2 aromatic heterocycles. The van der Waals surface area contributed by atoms with Crippen molar-refractivity contribution in [2.24, 2.45) is 0 Å². The number of amides is 1.